The Morgan fingerprint density at radius 3 is 2.44 bits per heavy atom. The van der Waals surface area contributed by atoms with Crippen LogP contribution in [0.1, 0.15) is 25.3 Å². The topological polar surface area (TPSA) is 192 Å². The molecule has 2 rings (SSSR count). The van der Waals surface area contributed by atoms with E-state index < -0.39 is 67.7 Å². The third-order valence-electron chi connectivity index (χ3n) is 4.98. The number of benzene rings is 1. The minimum absolute atomic E-state index is 0.147. The molecule has 0 aliphatic carbocycles. The second-order valence-corrected chi connectivity index (χ2v) is 8.06. The van der Waals surface area contributed by atoms with E-state index in [2.05, 4.69) is 0 Å². The van der Waals surface area contributed by atoms with E-state index in [9.17, 15) is 30.0 Å². The van der Waals surface area contributed by atoms with Gasteiger partial charge in [0.05, 0.1) is 32.2 Å². The van der Waals surface area contributed by atoms with E-state index in [0.29, 0.717) is 5.56 Å². The molecular weight excluding hydrogens is 456 g/mol. The number of methoxy groups -OCH3 is 1. The van der Waals surface area contributed by atoms with Crippen molar-refractivity contribution in [3.63, 3.8) is 0 Å². The van der Waals surface area contributed by atoms with E-state index in [0.717, 1.165) is 6.92 Å². The summed E-state index contributed by atoms with van der Waals surface area (Å²) < 4.78 is 21.4. The van der Waals surface area contributed by atoms with Gasteiger partial charge in [0.25, 0.3) is 0 Å². The molecule has 12 heteroatoms. The summed E-state index contributed by atoms with van der Waals surface area (Å²) in [6.07, 6.45) is -5.88. The molecule has 12 nitrogen and oxygen atoms in total. The van der Waals surface area contributed by atoms with Crippen molar-refractivity contribution < 1.29 is 59.2 Å². The zero-order valence-electron chi connectivity index (χ0n) is 18.7. The van der Waals surface area contributed by atoms with Crippen LogP contribution in [0.25, 0.3) is 6.08 Å². The van der Waals surface area contributed by atoms with Crippen LogP contribution in [0.5, 0.6) is 11.5 Å². The molecule has 0 spiro atoms. The third kappa shape index (κ3) is 7.65. The van der Waals surface area contributed by atoms with Gasteiger partial charge in [-0.1, -0.05) is 18.2 Å². The number of carbonyl (C=O) groups is 2. The minimum Gasteiger partial charge on any atom is -0.493 e. The highest BCUT2D eigenvalue weighted by molar-refractivity contribution is 5.73. The van der Waals surface area contributed by atoms with Crippen LogP contribution in [0.3, 0.4) is 0 Å². The van der Waals surface area contributed by atoms with Crippen molar-refractivity contribution in [2.75, 3.05) is 20.3 Å². The number of carboxylic acid groups (broad SMARTS) is 1. The summed E-state index contributed by atoms with van der Waals surface area (Å²) in [6, 6.07) is 4.76. The molecule has 0 radical (unpaired) electrons. The molecule has 1 aromatic rings. The van der Waals surface area contributed by atoms with Crippen LogP contribution in [0.2, 0.25) is 0 Å². The first-order valence-electron chi connectivity index (χ1n) is 10.4. The van der Waals surface area contributed by atoms with Crippen molar-refractivity contribution >= 4 is 18.0 Å². The Morgan fingerprint density at radius 2 is 1.82 bits per heavy atom. The van der Waals surface area contributed by atoms with E-state index in [1.807, 2.05) is 0 Å². The number of ether oxygens (including phenoxy) is 4. The molecule has 6 N–H and O–H groups in total. The number of carbonyl (C=O) groups excluding carboxylic acids is 1. The Balaban J connectivity index is 2.06. The Hall–Kier alpha value is -2.74. The fraction of sp³-hybridized carbons (Fsp3) is 0.545. The van der Waals surface area contributed by atoms with E-state index in [4.69, 9.17) is 29.2 Å². The van der Waals surface area contributed by atoms with Gasteiger partial charge in [0, 0.05) is 0 Å². The predicted molar refractivity (Wildman–Crippen MR) is 115 cm³/mol. The van der Waals surface area contributed by atoms with Crippen LogP contribution in [-0.2, 0) is 19.1 Å². The number of esters is 1. The molecule has 1 aliphatic rings. The standard InChI is InChI=1S/C22H30O12/c1-22(30,9-16(24)25)10-17(26)32-11-15-18(27)19(28)20(29)21(34-15)33-13-6-5-12(4-3-7-23)8-14(13)31-2/h3-6,8,15,18-21,23,27-30H,7,9-11H2,1-2H3,(H,24,25)/b4-3+/t15-,18-,19+,20-,21-,22-/m1/s1. The first kappa shape index (κ1) is 27.5. The molecule has 0 saturated carbocycles. The van der Waals surface area contributed by atoms with Crippen molar-refractivity contribution in [3.8, 4) is 11.5 Å². The van der Waals surface area contributed by atoms with Crippen molar-refractivity contribution in [1.29, 1.82) is 0 Å². The van der Waals surface area contributed by atoms with Crippen LogP contribution in [0.4, 0.5) is 0 Å². The highest BCUT2D eigenvalue weighted by Gasteiger charge is 2.46. The Kier molecular flexibility index (Phi) is 9.79. The summed E-state index contributed by atoms with van der Waals surface area (Å²) >= 11 is 0. The number of aliphatic hydroxyl groups is 5. The molecule has 190 valence electrons. The lowest BCUT2D eigenvalue weighted by Crippen LogP contribution is -2.60. The van der Waals surface area contributed by atoms with Crippen LogP contribution < -0.4 is 9.47 Å². The van der Waals surface area contributed by atoms with Crippen molar-refractivity contribution in [2.24, 2.45) is 0 Å². The Morgan fingerprint density at radius 1 is 1.12 bits per heavy atom. The molecule has 1 heterocycles. The normalized spacial score (nSPS) is 26.6. The molecule has 1 fully saturated rings. The third-order valence-corrected chi connectivity index (χ3v) is 4.98. The van der Waals surface area contributed by atoms with Gasteiger partial charge in [0.2, 0.25) is 6.29 Å². The average Bonchev–Trinajstić information content (AvgIpc) is 2.76. The zero-order valence-corrected chi connectivity index (χ0v) is 18.7. The largest absolute Gasteiger partial charge is 0.493 e. The van der Waals surface area contributed by atoms with Gasteiger partial charge in [-0.05, 0) is 24.6 Å². The molecule has 0 amide bonds. The highest BCUT2D eigenvalue weighted by Crippen LogP contribution is 2.32. The van der Waals surface area contributed by atoms with Gasteiger partial charge in [0.1, 0.15) is 31.0 Å². The molecule has 0 aromatic heterocycles. The van der Waals surface area contributed by atoms with E-state index >= 15 is 0 Å². The maximum absolute atomic E-state index is 12.0. The summed E-state index contributed by atoms with van der Waals surface area (Å²) in [5, 5.41) is 58.4. The lowest BCUT2D eigenvalue weighted by molar-refractivity contribution is -0.278. The minimum atomic E-state index is -1.84. The Bertz CT molecular complexity index is 867. The maximum Gasteiger partial charge on any atom is 0.308 e. The van der Waals surface area contributed by atoms with Crippen molar-refractivity contribution in [3.05, 3.63) is 29.8 Å². The SMILES string of the molecule is COc1cc(/C=C/CO)ccc1O[C@@H]1O[C@H](COC(=O)C[C@](C)(O)CC(=O)O)[C@@H](O)[C@H](O)[C@H]1O. The van der Waals surface area contributed by atoms with Crippen molar-refractivity contribution in [1.82, 2.24) is 0 Å². The molecule has 0 bridgehead atoms. The first-order chi connectivity index (χ1) is 16.0. The van der Waals surface area contributed by atoms with Gasteiger partial charge in [-0.15, -0.1) is 0 Å². The molecule has 1 aliphatic heterocycles. The predicted octanol–water partition coefficient (Wildman–Crippen LogP) is -0.954. The van der Waals surface area contributed by atoms with Gasteiger partial charge < -0.3 is 49.6 Å². The van der Waals surface area contributed by atoms with Gasteiger partial charge in [-0.2, -0.15) is 0 Å². The molecule has 1 saturated heterocycles. The zero-order chi connectivity index (χ0) is 25.5. The van der Waals surface area contributed by atoms with Crippen molar-refractivity contribution in [2.45, 2.75) is 56.1 Å². The first-order valence-corrected chi connectivity index (χ1v) is 10.4. The fourth-order valence-corrected chi connectivity index (χ4v) is 3.28. The number of aliphatic hydroxyl groups excluding tert-OH is 4. The fourth-order valence-electron chi connectivity index (χ4n) is 3.28. The maximum atomic E-state index is 12.0. The number of hydrogen-bond donors (Lipinski definition) is 6. The van der Waals surface area contributed by atoms with Crippen LogP contribution in [-0.4, -0.2) is 99.2 Å². The van der Waals surface area contributed by atoms with E-state index in [1.54, 1.807) is 18.2 Å². The van der Waals surface area contributed by atoms with E-state index in [1.165, 1.54) is 19.3 Å². The summed E-state index contributed by atoms with van der Waals surface area (Å²) in [5.74, 6) is -1.83. The molecular formula is C22H30O12. The van der Waals surface area contributed by atoms with Crippen LogP contribution in [0, 0.1) is 0 Å². The molecule has 6 atom stereocenters. The molecule has 0 unspecified atom stereocenters. The number of hydrogen-bond acceptors (Lipinski definition) is 11. The van der Waals surface area contributed by atoms with Gasteiger partial charge in [0.15, 0.2) is 11.5 Å². The van der Waals surface area contributed by atoms with Gasteiger partial charge >= 0.3 is 11.9 Å². The molecule has 1 aromatic carbocycles. The molecule has 34 heavy (non-hydrogen) atoms. The van der Waals surface area contributed by atoms with Gasteiger partial charge in [-0.25, -0.2) is 0 Å². The summed E-state index contributed by atoms with van der Waals surface area (Å²) in [4.78, 5) is 22.8. The smallest absolute Gasteiger partial charge is 0.308 e. The van der Waals surface area contributed by atoms with Gasteiger partial charge in [-0.3, -0.25) is 9.59 Å². The van der Waals surface area contributed by atoms with Crippen LogP contribution in [0.15, 0.2) is 24.3 Å². The summed E-state index contributed by atoms with van der Waals surface area (Å²) in [5.41, 5.74) is -1.15. The summed E-state index contributed by atoms with van der Waals surface area (Å²) in [7, 11) is 1.39. The second kappa shape index (κ2) is 12.1. The monoisotopic (exact) mass is 486 g/mol. The highest BCUT2D eigenvalue weighted by atomic mass is 16.7. The van der Waals surface area contributed by atoms with E-state index in [-0.39, 0.29) is 18.1 Å². The number of aliphatic carboxylic acids is 1. The number of rotatable bonds is 11. The van der Waals surface area contributed by atoms with Crippen LogP contribution >= 0.6 is 0 Å². The Labute approximate surface area is 195 Å². The number of carboxylic acids is 1. The quantitative estimate of drug-likeness (QED) is 0.210. The lowest BCUT2D eigenvalue weighted by atomic mass is 9.98. The lowest BCUT2D eigenvalue weighted by Gasteiger charge is -2.40. The average molecular weight is 486 g/mol. The second-order valence-electron chi connectivity index (χ2n) is 8.06. The summed E-state index contributed by atoms with van der Waals surface area (Å²) in [6.45, 7) is 0.456.